The average Bonchev–Trinajstić information content (AvgIpc) is 3.19. The molecule has 0 unspecified atom stereocenters. The van der Waals surface area contributed by atoms with Gasteiger partial charge in [0.1, 0.15) is 18.0 Å². The maximum atomic E-state index is 11.9. The molecular formula is C26H33N3O3. The van der Waals surface area contributed by atoms with E-state index in [0.29, 0.717) is 25.0 Å². The Morgan fingerprint density at radius 3 is 2.59 bits per heavy atom. The summed E-state index contributed by atoms with van der Waals surface area (Å²) in [5.74, 6) is 1.83. The third-order valence-electron chi connectivity index (χ3n) is 5.99. The summed E-state index contributed by atoms with van der Waals surface area (Å²) >= 11 is 0. The van der Waals surface area contributed by atoms with Gasteiger partial charge in [0.15, 0.2) is 0 Å². The number of nitrogens with one attached hydrogen (secondary N) is 1. The van der Waals surface area contributed by atoms with Crippen molar-refractivity contribution in [3.05, 3.63) is 66.0 Å². The Kier molecular flexibility index (Phi) is 6.68. The molecule has 1 aliphatic carbocycles. The van der Waals surface area contributed by atoms with Crippen LogP contribution in [0.1, 0.15) is 63.5 Å². The quantitative estimate of drug-likeness (QED) is 0.538. The number of amides is 1. The van der Waals surface area contributed by atoms with Crippen LogP contribution in [0.15, 0.2) is 54.9 Å². The third kappa shape index (κ3) is 5.81. The number of benzene rings is 1. The molecular weight excluding hydrogens is 402 g/mol. The van der Waals surface area contributed by atoms with E-state index in [1.165, 1.54) is 5.56 Å². The number of rotatable bonds is 6. The molecule has 4 rings (SSSR count). The normalized spacial score (nSPS) is 19.0. The fourth-order valence-corrected chi connectivity index (χ4v) is 4.34. The van der Waals surface area contributed by atoms with Crippen molar-refractivity contribution >= 4 is 11.6 Å². The van der Waals surface area contributed by atoms with Crippen molar-refractivity contribution in [3.8, 4) is 5.75 Å². The van der Waals surface area contributed by atoms with Gasteiger partial charge in [-0.05, 0) is 69.9 Å². The van der Waals surface area contributed by atoms with Crippen LogP contribution in [0.3, 0.4) is 0 Å². The largest absolute Gasteiger partial charge is 0.489 e. The predicted molar refractivity (Wildman–Crippen MR) is 125 cm³/mol. The molecule has 0 bridgehead atoms. The van der Waals surface area contributed by atoms with Crippen LogP contribution in [0, 0.1) is 5.92 Å². The van der Waals surface area contributed by atoms with E-state index in [0.717, 1.165) is 42.5 Å². The molecule has 0 aliphatic heterocycles. The predicted octanol–water partition coefficient (Wildman–Crippen LogP) is 5.71. The van der Waals surface area contributed by atoms with Gasteiger partial charge in [0.2, 0.25) is 0 Å². The van der Waals surface area contributed by atoms with E-state index >= 15 is 0 Å². The lowest BCUT2D eigenvalue weighted by atomic mass is 9.79. The summed E-state index contributed by atoms with van der Waals surface area (Å²) < 4.78 is 13.3. The summed E-state index contributed by atoms with van der Waals surface area (Å²) in [6, 6.07) is 14.3. The van der Waals surface area contributed by atoms with Gasteiger partial charge in [0, 0.05) is 24.4 Å². The van der Waals surface area contributed by atoms with E-state index in [2.05, 4.69) is 28.6 Å². The van der Waals surface area contributed by atoms with E-state index in [4.69, 9.17) is 9.47 Å². The second-order valence-corrected chi connectivity index (χ2v) is 9.67. The van der Waals surface area contributed by atoms with Crippen LogP contribution in [0.2, 0.25) is 0 Å². The van der Waals surface area contributed by atoms with Gasteiger partial charge in [-0.15, -0.1) is 0 Å². The highest BCUT2D eigenvalue weighted by Crippen LogP contribution is 2.37. The lowest BCUT2D eigenvalue weighted by Crippen LogP contribution is -2.36. The maximum Gasteiger partial charge on any atom is 0.407 e. The molecule has 3 aromatic rings. The number of hydrogen-bond acceptors (Lipinski definition) is 4. The Hall–Kier alpha value is -3.02. The van der Waals surface area contributed by atoms with Gasteiger partial charge in [0.25, 0.3) is 0 Å². The van der Waals surface area contributed by atoms with Gasteiger partial charge in [-0.25, -0.2) is 9.31 Å². The number of aromatic nitrogens is 2. The van der Waals surface area contributed by atoms with Crippen molar-refractivity contribution in [2.45, 2.75) is 64.6 Å². The van der Waals surface area contributed by atoms with Gasteiger partial charge in [-0.1, -0.05) is 30.3 Å². The molecule has 170 valence electrons. The number of carbonyl (C=O) groups excluding carboxylic acids is 1. The van der Waals surface area contributed by atoms with Gasteiger partial charge in [-0.2, -0.15) is 5.10 Å². The second kappa shape index (κ2) is 9.63. The molecule has 1 amide bonds. The minimum Gasteiger partial charge on any atom is -0.489 e. The van der Waals surface area contributed by atoms with Gasteiger partial charge < -0.3 is 14.8 Å². The number of fused-ring (bicyclic) bond motifs is 1. The summed E-state index contributed by atoms with van der Waals surface area (Å²) in [5, 5.41) is 7.48. The highest BCUT2D eigenvalue weighted by atomic mass is 16.6. The van der Waals surface area contributed by atoms with Crippen LogP contribution in [-0.4, -0.2) is 27.9 Å². The first-order chi connectivity index (χ1) is 15.4. The van der Waals surface area contributed by atoms with E-state index < -0.39 is 5.60 Å². The lowest BCUT2D eigenvalue weighted by molar-refractivity contribution is 0.0514. The van der Waals surface area contributed by atoms with Crippen LogP contribution in [0.4, 0.5) is 4.79 Å². The highest BCUT2D eigenvalue weighted by molar-refractivity contribution is 5.67. The van der Waals surface area contributed by atoms with Gasteiger partial charge in [-0.3, -0.25) is 0 Å². The molecule has 1 aromatic carbocycles. The number of carbonyl (C=O) groups is 1. The van der Waals surface area contributed by atoms with Crippen molar-refractivity contribution < 1.29 is 14.3 Å². The van der Waals surface area contributed by atoms with Crippen molar-refractivity contribution in [3.63, 3.8) is 0 Å². The summed E-state index contributed by atoms with van der Waals surface area (Å²) in [6.45, 7) is 6.87. The maximum absolute atomic E-state index is 11.9. The van der Waals surface area contributed by atoms with Crippen LogP contribution >= 0.6 is 0 Å². The molecule has 32 heavy (non-hydrogen) atoms. The van der Waals surface area contributed by atoms with Crippen molar-refractivity contribution in [1.82, 2.24) is 14.9 Å². The summed E-state index contributed by atoms with van der Waals surface area (Å²) in [7, 11) is 0. The van der Waals surface area contributed by atoms with Crippen molar-refractivity contribution in [2.75, 3.05) is 6.54 Å². The molecule has 2 heterocycles. The Morgan fingerprint density at radius 1 is 1.12 bits per heavy atom. The molecule has 0 atom stereocenters. The standard InChI is InChI=1S/C26H33N3O3/c1-26(2,3)32-25(30)27-16-19-9-11-21(12-10-19)23-17-28-29-14-13-22(15-24(23)29)31-18-20-7-5-4-6-8-20/h4-8,13-15,17,19,21H,9-12,16,18H2,1-3H3,(H,27,30). The van der Waals surface area contributed by atoms with Crippen LogP contribution in [-0.2, 0) is 11.3 Å². The number of pyridine rings is 1. The summed E-state index contributed by atoms with van der Waals surface area (Å²) in [6.07, 6.45) is 8.00. The van der Waals surface area contributed by atoms with E-state index in [9.17, 15) is 4.79 Å². The highest BCUT2D eigenvalue weighted by Gasteiger charge is 2.26. The second-order valence-electron chi connectivity index (χ2n) is 9.67. The lowest BCUT2D eigenvalue weighted by Gasteiger charge is -2.28. The Labute approximate surface area is 189 Å². The van der Waals surface area contributed by atoms with E-state index in [-0.39, 0.29) is 6.09 Å². The molecule has 0 radical (unpaired) electrons. The Bertz CT molecular complexity index is 1030. The number of ether oxygens (including phenoxy) is 2. The van der Waals surface area contributed by atoms with Crippen molar-refractivity contribution in [2.24, 2.45) is 5.92 Å². The van der Waals surface area contributed by atoms with E-state index in [1.807, 2.05) is 61.9 Å². The monoisotopic (exact) mass is 435 g/mol. The average molecular weight is 436 g/mol. The fraction of sp³-hybridized carbons (Fsp3) is 0.462. The zero-order valence-corrected chi connectivity index (χ0v) is 19.2. The van der Waals surface area contributed by atoms with Gasteiger partial charge in [0.05, 0.1) is 11.7 Å². The molecule has 6 heteroatoms. The minimum absolute atomic E-state index is 0.328. The van der Waals surface area contributed by atoms with Crippen LogP contribution in [0.25, 0.3) is 5.52 Å². The number of hydrogen-bond donors (Lipinski definition) is 1. The zero-order chi connectivity index (χ0) is 22.6. The third-order valence-corrected chi connectivity index (χ3v) is 5.99. The van der Waals surface area contributed by atoms with Crippen LogP contribution < -0.4 is 10.1 Å². The Morgan fingerprint density at radius 2 is 1.88 bits per heavy atom. The van der Waals surface area contributed by atoms with Crippen molar-refractivity contribution in [1.29, 1.82) is 0 Å². The zero-order valence-electron chi connectivity index (χ0n) is 19.2. The molecule has 1 aliphatic rings. The first kappa shape index (κ1) is 22.2. The first-order valence-corrected chi connectivity index (χ1v) is 11.5. The molecule has 6 nitrogen and oxygen atoms in total. The smallest absolute Gasteiger partial charge is 0.407 e. The molecule has 0 spiro atoms. The number of alkyl carbamates (subject to hydrolysis) is 1. The topological polar surface area (TPSA) is 64.9 Å². The molecule has 1 N–H and O–H groups in total. The SMILES string of the molecule is CC(C)(C)OC(=O)NCC1CCC(c2cnn3ccc(OCc4ccccc4)cc23)CC1. The Balaban J connectivity index is 1.33. The molecule has 1 saturated carbocycles. The van der Waals surface area contributed by atoms with Gasteiger partial charge >= 0.3 is 6.09 Å². The van der Waals surface area contributed by atoms with E-state index in [1.54, 1.807) is 0 Å². The molecule has 2 aromatic heterocycles. The number of nitrogens with zero attached hydrogens (tertiary/aromatic N) is 2. The fourth-order valence-electron chi connectivity index (χ4n) is 4.34. The molecule has 1 fully saturated rings. The summed E-state index contributed by atoms with van der Waals surface area (Å²) in [5.41, 5.74) is 3.09. The minimum atomic E-state index is -0.463. The van der Waals surface area contributed by atoms with Crippen LogP contribution in [0.5, 0.6) is 5.75 Å². The summed E-state index contributed by atoms with van der Waals surface area (Å²) in [4.78, 5) is 11.9. The first-order valence-electron chi connectivity index (χ1n) is 11.5. The molecule has 0 saturated heterocycles.